The molecule has 0 bridgehead atoms. The minimum atomic E-state index is -0.273. The van der Waals surface area contributed by atoms with Gasteiger partial charge in [0.2, 0.25) is 5.91 Å². The number of hydrogen-bond acceptors (Lipinski definition) is 2. The van der Waals surface area contributed by atoms with Crippen LogP contribution in [0.2, 0.25) is 0 Å². The molecule has 2 aromatic rings. The van der Waals surface area contributed by atoms with Crippen LogP contribution in [0.1, 0.15) is 37.8 Å². The molecule has 0 aromatic heterocycles. The van der Waals surface area contributed by atoms with Crippen LogP contribution in [0.25, 0.3) is 0 Å². The number of rotatable bonds is 3. The van der Waals surface area contributed by atoms with Gasteiger partial charge >= 0.3 is 0 Å². The lowest BCUT2D eigenvalue weighted by atomic mass is 9.89. The Labute approximate surface area is 171 Å². The van der Waals surface area contributed by atoms with Gasteiger partial charge in [0.15, 0.2) is 0 Å². The van der Waals surface area contributed by atoms with E-state index in [0.717, 1.165) is 36.2 Å². The highest BCUT2D eigenvalue weighted by atomic mass is 19.1. The number of amides is 1. The fourth-order valence-corrected chi connectivity index (χ4v) is 5.28. The van der Waals surface area contributed by atoms with Gasteiger partial charge in [-0.3, -0.25) is 4.79 Å². The van der Waals surface area contributed by atoms with E-state index >= 15 is 0 Å². The lowest BCUT2D eigenvalue weighted by Crippen LogP contribution is -2.50. The van der Waals surface area contributed by atoms with Crippen LogP contribution in [-0.2, 0) is 11.2 Å². The number of fused-ring (bicyclic) bond motifs is 1. The number of aryl methyl sites for hydroxylation is 1. The Hall–Kier alpha value is -2.43. The molecule has 0 radical (unpaired) electrons. The molecular weight excluding hydrogens is 370 g/mol. The lowest BCUT2D eigenvalue weighted by molar-refractivity contribution is -0.132. The average molecular weight is 398 g/mol. The molecule has 0 saturated carbocycles. The molecular formula is C24H28F2N2O. The third kappa shape index (κ3) is 3.87. The van der Waals surface area contributed by atoms with Crippen molar-refractivity contribution in [3.63, 3.8) is 0 Å². The highest BCUT2D eigenvalue weighted by Crippen LogP contribution is 2.44. The maximum absolute atomic E-state index is 13.8. The molecule has 1 amide bonds. The second-order valence-electron chi connectivity index (χ2n) is 9.07. The number of likely N-dealkylation sites (tertiary alicyclic amines) is 1. The van der Waals surface area contributed by atoms with Gasteiger partial charge < -0.3 is 9.80 Å². The third-order valence-corrected chi connectivity index (χ3v) is 6.52. The number of hydrogen-bond donors (Lipinski definition) is 0. The largest absolute Gasteiger partial charge is 0.363 e. The monoisotopic (exact) mass is 398 g/mol. The van der Waals surface area contributed by atoms with E-state index in [1.165, 1.54) is 18.2 Å². The summed E-state index contributed by atoms with van der Waals surface area (Å²) in [5.74, 6) is -0.0328. The molecule has 4 rings (SSSR count). The summed E-state index contributed by atoms with van der Waals surface area (Å²) in [5.41, 5.74) is 2.53. The highest BCUT2D eigenvalue weighted by molar-refractivity contribution is 5.79. The Morgan fingerprint density at radius 1 is 1.14 bits per heavy atom. The lowest BCUT2D eigenvalue weighted by Gasteiger charge is -2.42. The highest BCUT2D eigenvalue weighted by Gasteiger charge is 2.48. The van der Waals surface area contributed by atoms with Crippen LogP contribution in [0.5, 0.6) is 0 Å². The first kappa shape index (κ1) is 19.9. The van der Waals surface area contributed by atoms with Crippen LogP contribution in [-0.4, -0.2) is 35.5 Å². The third-order valence-electron chi connectivity index (χ3n) is 6.52. The van der Waals surface area contributed by atoms with Gasteiger partial charge in [0.1, 0.15) is 11.6 Å². The second-order valence-corrected chi connectivity index (χ2v) is 9.07. The molecule has 2 heterocycles. The van der Waals surface area contributed by atoms with Gasteiger partial charge in [-0.1, -0.05) is 12.1 Å². The van der Waals surface area contributed by atoms with Crippen LogP contribution in [0, 0.1) is 24.5 Å². The SMILES string of the molecule is Cc1cc(F)ccc1CC(=O)N1CC[C@H]2[C@@H](C1)CC(C)(C)N2c1cccc(F)c1. The van der Waals surface area contributed by atoms with Crippen molar-refractivity contribution in [1.82, 2.24) is 4.90 Å². The Bertz CT molecular complexity index is 927. The first-order valence-electron chi connectivity index (χ1n) is 10.3. The molecule has 29 heavy (non-hydrogen) atoms. The minimum absolute atomic E-state index is 0.0876. The smallest absolute Gasteiger partial charge is 0.227 e. The molecule has 0 spiro atoms. The quantitative estimate of drug-likeness (QED) is 0.747. The molecule has 5 heteroatoms. The molecule has 154 valence electrons. The van der Waals surface area contributed by atoms with Crippen molar-refractivity contribution in [1.29, 1.82) is 0 Å². The molecule has 3 nitrogen and oxygen atoms in total. The van der Waals surface area contributed by atoms with Crippen LogP contribution >= 0.6 is 0 Å². The van der Waals surface area contributed by atoms with Gasteiger partial charge in [-0.15, -0.1) is 0 Å². The van der Waals surface area contributed by atoms with Crippen molar-refractivity contribution in [2.24, 2.45) is 5.92 Å². The van der Waals surface area contributed by atoms with E-state index in [2.05, 4.69) is 18.7 Å². The molecule has 0 aliphatic carbocycles. The summed E-state index contributed by atoms with van der Waals surface area (Å²) in [6.07, 6.45) is 2.15. The summed E-state index contributed by atoms with van der Waals surface area (Å²) in [6.45, 7) is 7.66. The van der Waals surface area contributed by atoms with E-state index in [-0.39, 0.29) is 23.1 Å². The molecule has 2 aliphatic rings. The number of carbonyl (C=O) groups is 1. The predicted octanol–water partition coefficient (Wildman–Crippen LogP) is 4.72. The molecule has 2 atom stereocenters. The van der Waals surface area contributed by atoms with Crippen molar-refractivity contribution in [3.05, 3.63) is 65.2 Å². The fraction of sp³-hybridized carbons (Fsp3) is 0.458. The van der Waals surface area contributed by atoms with Gasteiger partial charge in [0.25, 0.3) is 0 Å². The van der Waals surface area contributed by atoms with E-state index in [4.69, 9.17) is 0 Å². The Morgan fingerprint density at radius 3 is 2.62 bits per heavy atom. The van der Waals surface area contributed by atoms with E-state index in [1.54, 1.807) is 18.2 Å². The first-order valence-corrected chi connectivity index (χ1v) is 10.3. The summed E-state index contributed by atoms with van der Waals surface area (Å²) in [7, 11) is 0. The number of anilines is 1. The maximum Gasteiger partial charge on any atom is 0.227 e. The maximum atomic E-state index is 13.8. The Balaban J connectivity index is 1.48. The van der Waals surface area contributed by atoms with Crippen LogP contribution in [0.3, 0.4) is 0 Å². The van der Waals surface area contributed by atoms with E-state index in [0.29, 0.717) is 24.9 Å². The zero-order valence-electron chi connectivity index (χ0n) is 17.3. The Morgan fingerprint density at radius 2 is 1.90 bits per heavy atom. The van der Waals surface area contributed by atoms with Crippen molar-refractivity contribution in [2.75, 3.05) is 18.0 Å². The summed E-state index contributed by atoms with van der Waals surface area (Å²) in [5, 5.41) is 0. The van der Waals surface area contributed by atoms with E-state index < -0.39 is 0 Å². The van der Waals surface area contributed by atoms with Gasteiger partial charge in [0.05, 0.1) is 6.42 Å². The molecule has 2 saturated heterocycles. The molecule has 2 aliphatic heterocycles. The summed E-state index contributed by atoms with van der Waals surface area (Å²) >= 11 is 0. The molecule has 2 aromatic carbocycles. The predicted molar refractivity (Wildman–Crippen MR) is 111 cm³/mol. The molecule has 0 unspecified atom stereocenters. The van der Waals surface area contributed by atoms with Gasteiger partial charge in [-0.05, 0) is 81.0 Å². The zero-order chi connectivity index (χ0) is 20.8. The summed E-state index contributed by atoms with van der Waals surface area (Å²) < 4.78 is 27.2. The normalized spacial score (nSPS) is 23.2. The van der Waals surface area contributed by atoms with Crippen molar-refractivity contribution < 1.29 is 13.6 Å². The van der Waals surface area contributed by atoms with Crippen LogP contribution < -0.4 is 4.90 Å². The number of carbonyl (C=O) groups excluding carboxylic acids is 1. The second kappa shape index (κ2) is 7.43. The van der Waals surface area contributed by atoms with Gasteiger partial charge in [-0.25, -0.2) is 8.78 Å². The van der Waals surface area contributed by atoms with Gasteiger partial charge in [0, 0.05) is 30.4 Å². The number of piperidine rings is 1. The van der Waals surface area contributed by atoms with Crippen LogP contribution in [0.4, 0.5) is 14.5 Å². The molecule has 0 N–H and O–H groups in total. The average Bonchev–Trinajstić information content (AvgIpc) is 2.92. The number of halogens is 2. The van der Waals surface area contributed by atoms with E-state index in [1.807, 2.05) is 17.9 Å². The van der Waals surface area contributed by atoms with Gasteiger partial charge in [-0.2, -0.15) is 0 Å². The number of benzene rings is 2. The van der Waals surface area contributed by atoms with Crippen molar-refractivity contribution >= 4 is 11.6 Å². The van der Waals surface area contributed by atoms with Crippen molar-refractivity contribution in [3.8, 4) is 0 Å². The topological polar surface area (TPSA) is 23.6 Å². The summed E-state index contributed by atoms with van der Waals surface area (Å²) in [4.78, 5) is 17.2. The van der Waals surface area contributed by atoms with Crippen LogP contribution in [0.15, 0.2) is 42.5 Å². The minimum Gasteiger partial charge on any atom is -0.363 e. The first-order chi connectivity index (χ1) is 13.7. The van der Waals surface area contributed by atoms with Crippen molar-refractivity contribution in [2.45, 2.75) is 51.6 Å². The number of nitrogens with zero attached hydrogens (tertiary/aromatic N) is 2. The zero-order valence-corrected chi connectivity index (χ0v) is 17.3. The summed E-state index contributed by atoms with van der Waals surface area (Å²) in [6, 6.07) is 11.7. The van der Waals surface area contributed by atoms with E-state index in [9.17, 15) is 13.6 Å². The fourth-order valence-electron chi connectivity index (χ4n) is 5.28. The standard InChI is InChI=1S/C24H28F2N2O/c1-16-11-20(26)8-7-17(16)12-23(29)27-10-9-22-18(15-27)14-24(2,3)28(22)21-6-4-5-19(25)13-21/h4-8,11,13,18,22H,9-10,12,14-15H2,1-3H3/t18-,22+/m1/s1. The molecule has 2 fully saturated rings. The Kier molecular flexibility index (Phi) is 5.09.